The molecule has 2 rings (SSSR count). The highest BCUT2D eigenvalue weighted by Gasteiger charge is 2.36. The van der Waals surface area contributed by atoms with Crippen molar-refractivity contribution in [2.45, 2.75) is 44.4 Å². The summed E-state index contributed by atoms with van der Waals surface area (Å²) < 4.78 is 5.30. The van der Waals surface area contributed by atoms with Gasteiger partial charge in [0.15, 0.2) is 0 Å². The number of carbonyl (C=O) groups excluding carboxylic acids is 1. The zero-order chi connectivity index (χ0) is 14.7. The fourth-order valence-corrected chi connectivity index (χ4v) is 2.85. The van der Waals surface area contributed by atoms with E-state index in [1.54, 1.807) is 19.1 Å². The van der Waals surface area contributed by atoms with E-state index in [2.05, 4.69) is 0 Å². The number of aliphatic hydroxyl groups excluding tert-OH is 1. The van der Waals surface area contributed by atoms with Gasteiger partial charge in [0.1, 0.15) is 6.10 Å². The molecule has 1 aromatic rings. The van der Waals surface area contributed by atoms with Gasteiger partial charge in [0.05, 0.1) is 12.1 Å². The average Bonchev–Trinajstić information content (AvgIpc) is 2.47. The van der Waals surface area contributed by atoms with Gasteiger partial charge in [-0.15, -0.1) is 0 Å². The van der Waals surface area contributed by atoms with Crippen LogP contribution < -0.4 is 0 Å². The maximum Gasteiger partial charge on any atom is 0.253 e. The Hall–Kier alpha value is -1.39. The number of aliphatic hydroxyl groups is 1. The van der Waals surface area contributed by atoms with Crippen LogP contribution in [0, 0.1) is 6.92 Å². The molecular formula is C16H23NO3. The highest BCUT2D eigenvalue weighted by atomic mass is 16.5. The normalized spacial score (nSPS) is 26.3. The highest BCUT2D eigenvalue weighted by Crippen LogP contribution is 2.25. The van der Waals surface area contributed by atoms with Crippen molar-refractivity contribution in [3.05, 3.63) is 35.4 Å². The van der Waals surface area contributed by atoms with Gasteiger partial charge in [-0.2, -0.15) is 0 Å². The quantitative estimate of drug-likeness (QED) is 0.919. The molecule has 3 atom stereocenters. The predicted molar refractivity (Wildman–Crippen MR) is 77.7 cm³/mol. The number of ether oxygens (including phenoxy) is 1. The van der Waals surface area contributed by atoms with Crippen molar-refractivity contribution in [3.8, 4) is 0 Å². The minimum Gasteiger partial charge on any atom is -0.388 e. The fraction of sp³-hybridized carbons (Fsp3) is 0.562. The first-order chi connectivity index (χ1) is 9.54. The summed E-state index contributed by atoms with van der Waals surface area (Å²) in [6.07, 6.45) is 1.83. The van der Waals surface area contributed by atoms with E-state index in [9.17, 15) is 9.90 Å². The molecule has 1 aliphatic carbocycles. The molecule has 1 fully saturated rings. The fourth-order valence-electron chi connectivity index (χ4n) is 2.85. The molecule has 1 amide bonds. The third kappa shape index (κ3) is 3.02. The molecule has 1 saturated carbocycles. The number of nitrogens with zero attached hydrogens (tertiary/aromatic N) is 1. The van der Waals surface area contributed by atoms with Gasteiger partial charge < -0.3 is 14.7 Å². The number of hydrogen-bond acceptors (Lipinski definition) is 3. The van der Waals surface area contributed by atoms with Crippen molar-refractivity contribution in [2.75, 3.05) is 14.2 Å². The van der Waals surface area contributed by atoms with Gasteiger partial charge >= 0.3 is 0 Å². The predicted octanol–water partition coefficient (Wildman–Crippen LogP) is 2.00. The van der Waals surface area contributed by atoms with Crippen LogP contribution in [0.5, 0.6) is 0 Å². The lowest BCUT2D eigenvalue weighted by atomic mass is 9.88. The summed E-state index contributed by atoms with van der Waals surface area (Å²) in [5.74, 6) is -0.0502. The Morgan fingerprint density at radius 3 is 2.55 bits per heavy atom. The molecule has 0 aliphatic heterocycles. The lowest BCUT2D eigenvalue weighted by Crippen LogP contribution is -2.52. The molecule has 110 valence electrons. The van der Waals surface area contributed by atoms with Crippen LogP contribution in [-0.2, 0) is 4.74 Å². The molecule has 0 bridgehead atoms. The monoisotopic (exact) mass is 277 g/mol. The molecule has 0 unspecified atom stereocenters. The van der Waals surface area contributed by atoms with Gasteiger partial charge in [0, 0.05) is 19.7 Å². The second kappa shape index (κ2) is 6.37. The Morgan fingerprint density at radius 1 is 1.30 bits per heavy atom. The number of benzene rings is 1. The second-order valence-corrected chi connectivity index (χ2v) is 5.55. The number of rotatable bonds is 3. The third-order valence-corrected chi connectivity index (χ3v) is 4.18. The van der Waals surface area contributed by atoms with Gasteiger partial charge in [-0.05, 0) is 38.3 Å². The summed E-state index contributed by atoms with van der Waals surface area (Å²) in [6, 6.07) is 7.34. The molecule has 1 aromatic carbocycles. The van der Waals surface area contributed by atoms with E-state index in [-0.39, 0.29) is 18.1 Å². The van der Waals surface area contributed by atoms with Crippen molar-refractivity contribution < 1.29 is 14.6 Å². The largest absolute Gasteiger partial charge is 0.388 e. The lowest BCUT2D eigenvalue weighted by molar-refractivity contribution is -0.0714. The molecule has 4 nitrogen and oxygen atoms in total. The zero-order valence-corrected chi connectivity index (χ0v) is 12.4. The molecule has 0 saturated heterocycles. The van der Waals surface area contributed by atoms with E-state index in [0.29, 0.717) is 5.56 Å². The SMILES string of the molecule is CO[C@@H]1CCC[C@@H](N(C)C(=O)c2ccc(C)cc2)[C@H]1O. The van der Waals surface area contributed by atoms with Crippen LogP contribution >= 0.6 is 0 Å². The average molecular weight is 277 g/mol. The third-order valence-electron chi connectivity index (χ3n) is 4.18. The number of amides is 1. The van der Waals surface area contributed by atoms with Gasteiger partial charge in [0.2, 0.25) is 0 Å². The van der Waals surface area contributed by atoms with Gasteiger partial charge in [-0.25, -0.2) is 0 Å². The summed E-state index contributed by atoms with van der Waals surface area (Å²) in [7, 11) is 3.37. The molecule has 20 heavy (non-hydrogen) atoms. The smallest absolute Gasteiger partial charge is 0.253 e. The van der Waals surface area contributed by atoms with E-state index in [0.717, 1.165) is 24.8 Å². The van der Waals surface area contributed by atoms with Gasteiger partial charge in [-0.3, -0.25) is 4.79 Å². The van der Waals surface area contributed by atoms with Crippen LogP contribution in [0.25, 0.3) is 0 Å². The number of carbonyl (C=O) groups is 1. The van der Waals surface area contributed by atoms with Crippen LogP contribution in [0.3, 0.4) is 0 Å². The van der Waals surface area contributed by atoms with Gasteiger partial charge in [-0.1, -0.05) is 17.7 Å². The van der Waals surface area contributed by atoms with Gasteiger partial charge in [0.25, 0.3) is 5.91 Å². The van der Waals surface area contributed by atoms with E-state index in [4.69, 9.17) is 4.74 Å². The summed E-state index contributed by atoms with van der Waals surface area (Å²) in [5, 5.41) is 10.3. The minimum atomic E-state index is -0.617. The van der Waals surface area contributed by atoms with E-state index >= 15 is 0 Å². The molecule has 1 N–H and O–H groups in total. The van der Waals surface area contributed by atoms with Crippen LogP contribution in [0.15, 0.2) is 24.3 Å². The Bertz CT molecular complexity index is 457. The topological polar surface area (TPSA) is 49.8 Å². The molecule has 0 aromatic heterocycles. The molecule has 0 spiro atoms. The van der Waals surface area contributed by atoms with Crippen molar-refractivity contribution in [3.63, 3.8) is 0 Å². The maximum absolute atomic E-state index is 12.5. The minimum absolute atomic E-state index is 0.0502. The number of methoxy groups -OCH3 is 1. The number of aryl methyl sites for hydroxylation is 1. The number of likely N-dealkylation sites (N-methyl/N-ethyl adjacent to an activating group) is 1. The van der Waals surface area contributed by atoms with Crippen molar-refractivity contribution >= 4 is 5.91 Å². The number of hydrogen-bond donors (Lipinski definition) is 1. The van der Waals surface area contributed by atoms with E-state index in [1.807, 2.05) is 31.2 Å². The Morgan fingerprint density at radius 2 is 1.95 bits per heavy atom. The second-order valence-electron chi connectivity index (χ2n) is 5.55. The van der Waals surface area contributed by atoms with Crippen LogP contribution in [0.2, 0.25) is 0 Å². The Labute approximate surface area is 120 Å². The zero-order valence-electron chi connectivity index (χ0n) is 12.4. The lowest BCUT2D eigenvalue weighted by Gasteiger charge is -2.39. The molecule has 0 radical (unpaired) electrons. The van der Waals surface area contributed by atoms with Crippen LogP contribution in [-0.4, -0.2) is 48.3 Å². The Kier molecular flexibility index (Phi) is 4.78. The van der Waals surface area contributed by atoms with Crippen molar-refractivity contribution in [2.24, 2.45) is 0 Å². The van der Waals surface area contributed by atoms with Crippen LogP contribution in [0.4, 0.5) is 0 Å². The first-order valence-corrected chi connectivity index (χ1v) is 7.09. The van der Waals surface area contributed by atoms with Crippen molar-refractivity contribution in [1.82, 2.24) is 4.90 Å². The highest BCUT2D eigenvalue weighted by molar-refractivity contribution is 5.94. The standard InChI is InChI=1S/C16H23NO3/c1-11-7-9-12(10-8-11)16(19)17(2)13-5-4-6-14(20-3)15(13)18/h7-10,13-15,18H,4-6H2,1-3H3/t13-,14-,15-/m1/s1. The first-order valence-electron chi connectivity index (χ1n) is 7.09. The molecule has 1 aliphatic rings. The summed E-state index contributed by atoms with van der Waals surface area (Å²) in [6.45, 7) is 1.99. The summed E-state index contributed by atoms with van der Waals surface area (Å²) in [5.41, 5.74) is 1.78. The van der Waals surface area contributed by atoms with E-state index in [1.165, 1.54) is 0 Å². The van der Waals surface area contributed by atoms with Crippen molar-refractivity contribution in [1.29, 1.82) is 0 Å². The maximum atomic E-state index is 12.5. The van der Waals surface area contributed by atoms with E-state index < -0.39 is 6.10 Å². The summed E-state index contributed by atoms with van der Waals surface area (Å²) in [4.78, 5) is 14.1. The summed E-state index contributed by atoms with van der Waals surface area (Å²) >= 11 is 0. The molecule has 0 heterocycles. The molecular weight excluding hydrogens is 254 g/mol. The van der Waals surface area contributed by atoms with Crippen LogP contribution in [0.1, 0.15) is 35.2 Å². The molecule has 4 heteroatoms. The first kappa shape index (κ1) is 15.0. The Balaban J connectivity index is 2.11.